The fraction of sp³-hybridized carbons (Fsp3) is 0.357. The molecule has 0 bridgehead atoms. The van der Waals surface area contributed by atoms with Crippen molar-refractivity contribution in [1.29, 1.82) is 0 Å². The van der Waals surface area contributed by atoms with Crippen LogP contribution < -0.4 is 11.1 Å². The summed E-state index contributed by atoms with van der Waals surface area (Å²) in [5.74, 6) is -0.215. The Hall–Kier alpha value is -1.17. The molecule has 0 aliphatic carbocycles. The molecule has 2 aromatic rings. The number of nitrogens with one attached hydrogen (secondary N) is 1. The Balaban J connectivity index is 1.87. The second-order valence-electron chi connectivity index (χ2n) is 4.34. The summed E-state index contributed by atoms with van der Waals surface area (Å²) in [5, 5.41) is 7.77. The maximum Gasteiger partial charge on any atom is 0.217 e. The Morgan fingerprint density at radius 1 is 1.16 bits per heavy atom. The minimum absolute atomic E-state index is 0.215. The van der Waals surface area contributed by atoms with Gasteiger partial charge in [0.1, 0.15) is 0 Å². The number of unbranched alkanes of at least 4 members (excludes halogenated alkanes) is 1. The van der Waals surface area contributed by atoms with E-state index in [1.165, 1.54) is 9.75 Å². The highest BCUT2D eigenvalue weighted by atomic mass is 32.1. The van der Waals surface area contributed by atoms with E-state index in [0.717, 1.165) is 19.4 Å². The van der Waals surface area contributed by atoms with Crippen LogP contribution in [-0.2, 0) is 4.79 Å². The van der Waals surface area contributed by atoms with E-state index in [4.69, 9.17) is 5.73 Å². The van der Waals surface area contributed by atoms with Crippen LogP contribution in [-0.4, -0.2) is 12.5 Å². The van der Waals surface area contributed by atoms with Gasteiger partial charge in [0, 0.05) is 16.2 Å². The summed E-state index contributed by atoms with van der Waals surface area (Å²) >= 11 is 3.54. The van der Waals surface area contributed by atoms with Crippen LogP contribution in [0.5, 0.6) is 0 Å². The molecule has 0 unspecified atom stereocenters. The van der Waals surface area contributed by atoms with Crippen LogP contribution in [0, 0.1) is 0 Å². The molecule has 19 heavy (non-hydrogen) atoms. The first-order chi connectivity index (χ1) is 9.27. The first kappa shape index (κ1) is 14.2. The molecule has 3 N–H and O–H groups in total. The summed E-state index contributed by atoms with van der Waals surface area (Å²) in [6.07, 6.45) is 2.30. The van der Waals surface area contributed by atoms with E-state index in [2.05, 4.69) is 40.3 Å². The van der Waals surface area contributed by atoms with Crippen molar-refractivity contribution in [2.75, 3.05) is 6.54 Å². The largest absolute Gasteiger partial charge is 0.370 e. The van der Waals surface area contributed by atoms with Crippen molar-refractivity contribution in [2.24, 2.45) is 5.73 Å². The molecule has 0 fully saturated rings. The van der Waals surface area contributed by atoms with Gasteiger partial charge in [0.2, 0.25) is 5.91 Å². The molecule has 5 heteroatoms. The van der Waals surface area contributed by atoms with E-state index in [0.29, 0.717) is 6.42 Å². The highest BCUT2D eigenvalue weighted by molar-refractivity contribution is 7.11. The molecule has 0 aromatic carbocycles. The van der Waals surface area contributed by atoms with Crippen molar-refractivity contribution in [1.82, 2.24) is 5.32 Å². The Kier molecular flexibility index (Phi) is 5.57. The van der Waals surface area contributed by atoms with Crippen LogP contribution in [0.25, 0.3) is 0 Å². The number of rotatable bonds is 8. The summed E-state index contributed by atoms with van der Waals surface area (Å²) in [4.78, 5) is 13.3. The Morgan fingerprint density at radius 2 is 1.79 bits per heavy atom. The molecular weight excluding hydrogens is 276 g/mol. The maximum atomic E-state index is 10.7. The third-order valence-corrected chi connectivity index (χ3v) is 4.73. The molecule has 2 aromatic heterocycles. The van der Waals surface area contributed by atoms with E-state index in [1.807, 2.05) is 0 Å². The maximum absolute atomic E-state index is 10.7. The standard InChI is InChI=1S/C14H18N2OS2/c15-13(17)7-1-2-8-16-14(11-5-3-9-18-11)12-6-4-10-19-12/h3-6,9-10,14,16H,1-2,7-8H2,(H2,15,17). The van der Waals surface area contributed by atoms with Gasteiger partial charge in [0.15, 0.2) is 0 Å². The Labute approximate surface area is 121 Å². The molecule has 0 radical (unpaired) electrons. The molecule has 2 heterocycles. The van der Waals surface area contributed by atoms with Crippen molar-refractivity contribution in [2.45, 2.75) is 25.3 Å². The van der Waals surface area contributed by atoms with Crippen molar-refractivity contribution in [3.8, 4) is 0 Å². The molecule has 1 amide bonds. The van der Waals surface area contributed by atoms with Crippen LogP contribution in [0.2, 0.25) is 0 Å². The van der Waals surface area contributed by atoms with Gasteiger partial charge in [-0.05, 0) is 42.3 Å². The van der Waals surface area contributed by atoms with E-state index in [-0.39, 0.29) is 11.9 Å². The third-order valence-electron chi connectivity index (χ3n) is 2.85. The first-order valence-corrected chi connectivity index (χ1v) is 8.12. The monoisotopic (exact) mass is 294 g/mol. The molecular formula is C14H18N2OS2. The summed E-state index contributed by atoms with van der Waals surface area (Å²) in [5.41, 5.74) is 5.13. The lowest BCUT2D eigenvalue weighted by Crippen LogP contribution is -2.22. The van der Waals surface area contributed by atoms with Gasteiger partial charge in [-0.1, -0.05) is 12.1 Å². The second kappa shape index (κ2) is 7.43. The molecule has 0 aliphatic rings. The van der Waals surface area contributed by atoms with Crippen LogP contribution in [0.4, 0.5) is 0 Å². The van der Waals surface area contributed by atoms with E-state index >= 15 is 0 Å². The van der Waals surface area contributed by atoms with Crippen molar-refractivity contribution >= 4 is 28.6 Å². The minimum atomic E-state index is -0.215. The van der Waals surface area contributed by atoms with Crippen LogP contribution in [0.3, 0.4) is 0 Å². The SMILES string of the molecule is NC(=O)CCCCNC(c1cccs1)c1cccs1. The average molecular weight is 294 g/mol. The molecule has 0 saturated heterocycles. The highest BCUT2D eigenvalue weighted by Gasteiger charge is 2.15. The summed E-state index contributed by atoms with van der Waals surface area (Å²) < 4.78 is 0. The summed E-state index contributed by atoms with van der Waals surface area (Å²) in [6, 6.07) is 8.75. The lowest BCUT2D eigenvalue weighted by molar-refractivity contribution is -0.118. The van der Waals surface area contributed by atoms with Gasteiger partial charge in [-0.3, -0.25) is 4.79 Å². The molecule has 3 nitrogen and oxygen atoms in total. The Bertz CT molecular complexity index is 445. The molecule has 0 spiro atoms. The quantitative estimate of drug-likeness (QED) is 0.735. The molecule has 0 atom stereocenters. The van der Waals surface area contributed by atoms with Gasteiger partial charge in [0.25, 0.3) is 0 Å². The van der Waals surface area contributed by atoms with Gasteiger partial charge in [0.05, 0.1) is 6.04 Å². The van der Waals surface area contributed by atoms with E-state index < -0.39 is 0 Å². The number of nitrogens with two attached hydrogens (primary N) is 1. The third kappa shape index (κ3) is 4.45. The van der Waals surface area contributed by atoms with Crippen molar-refractivity contribution < 1.29 is 4.79 Å². The van der Waals surface area contributed by atoms with E-state index in [1.54, 1.807) is 22.7 Å². The van der Waals surface area contributed by atoms with Crippen LogP contribution in [0.1, 0.15) is 35.1 Å². The Morgan fingerprint density at radius 3 is 2.26 bits per heavy atom. The fourth-order valence-electron chi connectivity index (χ4n) is 1.92. The fourth-order valence-corrected chi connectivity index (χ4v) is 3.63. The number of hydrogen-bond acceptors (Lipinski definition) is 4. The lowest BCUT2D eigenvalue weighted by Gasteiger charge is -2.16. The number of thiophene rings is 2. The average Bonchev–Trinajstić information content (AvgIpc) is 3.06. The van der Waals surface area contributed by atoms with Gasteiger partial charge >= 0.3 is 0 Å². The zero-order valence-electron chi connectivity index (χ0n) is 10.7. The minimum Gasteiger partial charge on any atom is -0.370 e. The van der Waals surface area contributed by atoms with Gasteiger partial charge < -0.3 is 11.1 Å². The van der Waals surface area contributed by atoms with Crippen LogP contribution in [0.15, 0.2) is 35.0 Å². The van der Waals surface area contributed by atoms with Gasteiger partial charge in [-0.15, -0.1) is 22.7 Å². The summed E-state index contributed by atoms with van der Waals surface area (Å²) in [6.45, 7) is 0.897. The second-order valence-corrected chi connectivity index (χ2v) is 6.30. The zero-order valence-corrected chi connectivity index (χ0v) is 12.3. The van der Waals surface area contributed by atoms with Gasteiger partial charge in [-0.2, -0.15) is 0 Å². The number of carbonyl (C=O) groups excluding carboxylic acids is 1. The number of primary amides is 1. The topological polar surface area (TPSA) is 55.1 Å². The van der Waals surface area contributed by atoms with Gasteiger partial charge in [-0.25, -0.2) is 0 Å². The number of carbonyl (C=O) groups is 1. The van der Waals surface area contributed by atoms with Crippen LogP contribution >= 0.6 is 22.7 Å². The number of amides is 1. The predicted molar refractivity (Wildman–Crippen MR) is 81.5 cm³/mol. The lowest BCUT2D eigenvalue weighted by atomic mass is 10.2. The first-order valence-electron chi connectivity index (χ1n) is 6.36. The number of hydrogen-bond donors (Lipinski definition) is 2. The molecule has 0 saturated carbocycles. The highest BCUT2D eigenvalue weighted by Crippen LogP contribution is 2.28. The molecule has 102 valence electrons. The van der Waals surface area contributed by atoms with E-state index in [9.17, 15) is 4.79 Å². The zero-order chi connectivity index (χ0) is 13.5. The smallest absolute Gasteiger partial charge is 0.217 e. The van der Waals surface area contributed by atoms with Crippen molar-refractivity contribution in [3.05, 3.63) is 44.8 Å². The molecule has 2 rings (SSSR count). The summed E-state index contributed by atoms with van der Waals surface area (Å²) in [7, 11) is 0. The van der Waals surface area contributed by atoms with Crippen molar-refractivity contribution in [3.63, 3.8) is 0 Å². The normalized spacial score (nSPS) is 11.0. The molecule has 0 aliphatic heterocycles. The predicted octanol–water partition coefficient (Wildman–Crippen LogP) is 3.14.